The Hall–Kier alpha value is -3.80. The second-order valence-electron chi connectivity index (χ2n) is 9.28. The Morgan fingerprint density at radius 1 is 1.24 bits per heavy atom. The number of alkyl halides is 2. The number of rotatable bonds is 5. The van der Waals surface area contributed by atoms with Gasteiger partial charge < -0.3 is 10.1 Å². The summed E-state index contributed by atoms with van der Waals surface area (Å²) in [7, 11) is 0. The highest BCUT2D eigenvalue weighted by Gasteiger charge is 2.38. The van der Waals surface area contributed by atoms with Crippen molar-refractivity contribution >= 4 is 17.0 Å². The number of benzene rings is 2. The summed E-state index contributed by atoms with van der Waals surface area (Å²) in [4.78, 5) is 30.9. The lowest BCUT2D eigenvalue weighted by Crippen LogP contribution is -2.39. The summed E-state index contributed by atoms with van der Waals surface area (Å²) in [6.07, 6.45) is -1.95. The third-order valence-corrected chi connectivity index (χ3v) is 5.47. The summed E-state index contributed by atoms with van der Waals surface area (Å²) in [5.41, 5.74) is -1.14. The molecule has 1 aliphatic carbocycles. The number of carbonyl (C=O) groups is 1. The van der Waals surface area contributed by atoms with E-state index in [1.807, 2.05) is 6.07 Å². The smallest absolute Gasteiger partial charge is 0.408 e. The molecule has 4 rings (SSSR count). The second kappa shape index (κ2) is 8.86. The summed E-state index contributed by atoms with van der Waals surface area (Å²) in [6, 6.07) is 11.7. The molecular weight excluding hydrogens is 442 g/mol. The first kappa shape index (κ1) is 23.4. The Bertz CT molecular complexity index is 1350. The van der Waals surface area contributed by atoms with Crippen LogP contribution in [0.2, 0.25) is 0 Å². The van der Waals surface area contributed by atoms with Crippen molar-refractivity contribution in [3.05, 3.63) is 69.8 Å². The fraction of sp³-hybridized carbons (Fsp3) is 0.360. The number of nitrogens with zero attached hydrogens (tertiary/aromatic N) is 3. The predicted octanol–water partition coefficient (Wildman–Crippen LogP) is 5.17. The average Bonchev–Trinajstić information content (AvgIpc) is 3.61. The van der Waals surface area contributed by atoms with Gasteiger partial charge in [-0.05, 0) is 63.8 Å². The van der Waals surface area contributed by atoms with Gasteiger partial charge in [-0.3, -0.25) is 9.36 Å². The highest BCUT2D eigenvalue weighted by Crippen LogP contribution is 2.41. The van der Waals surface area contributed by atoms with Crippen molar-refractivity contribution in [3.8, 4) is 11.8 Å². The number of ether oxygens (including phenoxy) is 1. The molecule has 0 radical (unpaired) electrons. The van der Waals surface area contributed by atoms with E-state index in [9.17, 15) is 23.6 Å². The molecule has 34 heavy (non-hydrogen) atoms. The van der Waals surface area contributed by atoms with Crippen LogP contribution in [0.4, 0.5) is 13.6 Å². The van der Waals surface area contributed by atoms with Gasteiger partial charge in [0.1, 0.15) is 11.4 Å². The molecule has 1 saturated carbocycles. The van der Waals surface area contributed by atoms with Crippen LogP contribution in [0.5, 0.6) is 0 Å². The number of hydrogen-bond acceptors (Lipinski definition) is 5. The molecule has 9 heteroatoms. The van der Waals surface area contributed by atoms with Crippen LogP contribution in [0.3, 0.4) is 0 Å². The minimum Gasteiger partial charge on any atom is -0.444 e. The molecule has 1 N–H and O–H groups in total. The molecule has 1 aliphatic rings. The van der Waals surface area contributed by atoms with Crippen LogP contribution in [-0.4, -0.2) is 21.2 Å². The summed E-state index contributed by atoms with van der Waals surface area (Å²) in [5.74, 6) is 0.202. The molecule has 2 aromatic carbocycles. The standard InChI is InChI=1S/C25H24F2N4O3/c1-25(2,3)34-24(33)30-20(15-10-11-15)22-29-18-9-5-8-17(21(26)27)19(18)23(32)31(22)16-7-4-6-14(12-16)13-28/h4-9,12,15,20-21H,10-11H2,1-3H3,(H,30,33)/t20-/m0/s1. The van der Waals surface area contributed by atoms with Crippen LogP contribution in [0.25, 0.3) is 16.6 Å². The van der Waals surface area contributed by atoms with Gasteiger partial charge >= 0.3 is 6.09 Å². The molecule has 0 unspecified atom stereocenters. The predicted molar refractivity (Wildman–Crippen MR) is 122 cm³/mol. The zero-order chi connectivity index (χ0) is 24.6. The number of aromatic nitrogens is 2. The Kier molecular flexibility index (Phi) is 6.09. The maximum absolute atomic E-state index is 13.8. The lowest BCUT2D eigenvalue weighted by molar-refractivity contribution is 0.0493. The zero-order valence-corrected chi connectivity index (χ0v) is 19.0. The van der Waals surface area contributed by atoms with Crippen molar-refractivity contribution in [1.82, 2.24) is 14.9 Å². The van der Waals surface area contributed by atoms with Gasteiger partial charge in [-0.2, -0.15) is 5.26 Å². The van der Waals surface area contributed by atoms with Gasteiger partial charge in [0.05, 0.1) is 34.3 Å². The minimum atomic E-state index is -2.87. The molecule has 0 aliphatic heterocycles. The fourth-order valence-electron chi connectivity index (χ4n) is 3.88. The minimum absolute atomic E-state index is 0.000509. The van der Waals surface area contributed by atoms with Crippen molar-refractivity contribution < 1.29 is 18.3 Å². The van der Waals surface area contributed by atoms with E-state index in [4.69, 9.17) is 4.74 Å². The topological polar surface area (TPSA) is 97.0 Å². The molecule has 0 bridgehead atoms. The molecule has 1 fully saturated rings. The number of carbonyl (C=O) groups excluding carboxylic acids is 1. The number of halogens is 2. The largest absolute Gasteiger partial charge is 0.444 e. The maximum atomic E-state index is 13.8. The first-order valence-corrected chi connectivity index (χ1v) is 10.9. The van der Waals surface area contributed by atoms with Crippen LogP contribution in [0, 0.1) is 17.2 Å². The molecule has 1 amide bonds. The molecule has 1 heterocycles. The fourth-order valence-corrected chi connectivity index (χ4v) is 3.88. The Balaban J connectivity index is 1.97. The van der Waals surface area contributed by atoms with Gasteiger partial charge in [-0.15, -0.1) is 0 Å². The van der Waals surface area contributed by atoms with E-state index in [-0.39, 0.29) is 22.6 Å². The zero-order valence-electron chi connectivity index (χ0n) is 19.0. The third kappa shape index (κ3) is 4.76. The van der Waals surface area contributed by atoms with Crippen LogP contribution in [0.1, 0.15) is 63.0 Å². The van der Waals surface area contributed by atoms with Gasteiger partial charge in [-0.1, -0.05) is 18.2 Å². The SMILES string of the molecule is CC(C)(C)OC(=O)N[C@H](c1nc2cccc(C(F)F)c2c(=O)n1-c1cccc(C#N)c1)C1CC1. The lowest BCUT2D eigenvalue weighted by Gasteiger charge is -2.25. The first-order valence-electron chi connectivity index (χ1n) is 10.9. The number of alkyl carbamates (subject to hydrolysis) is 1. The van der Waals surface area contributed by atoms with Crippen molar-refractivity contribution in [2.75, 3.05) is 0 Å². The highest BCUT2D eigenvalue weighted by atomic mass is 19.3. The molecule has 0 saturated heterocycles. The molecule has 3 aromatic rings. The highest BCUT2D eigenvalue weighted by molar-refractivity contribution is 5.82. The number of hydrogen-bond donors (Lipinski definition) is 1. The molecule has 0 spiro atoms. The Labute approximate surface area is 195 Å². The van der Waals surface area contributed by atoms with Gasteiger partial charge in [0.15, 0.2) is 0 Å². The first-order chi connectivity index (χ1) is 16.1. The van der Waals surface area contributed by atoms with Gasteiger partial charge in [-0.25, -0.2) is 18.6 Å². The van der Waals surface area contributed by atoms with Crippen LogP contribution in [-0.2, 0) is 4.74 Å². The second-order valence-corrected chi connectivity index (χ2v) is 9.28. The maximum Gasteiger partial charge on any atom is 0.408 e. The van der Waals surface area contributed by atoms with E-state index in [1.54, 1.807) is 39.0 Å². The molecule has 176 valence electrons. The van der Waals surface area contributed by atoms with Gasteiger partial charge in [0.2, 0.25) is 0 Å². The van der Waals surface area contributed by atoms with Crippen LogP contribution >= 0.6 is 0 Å². The van der Waals surface area contributed by atoms with Crippen molar-refractivity contribution in [1.29, 1.82) is 5.26 Å². The summed E-state index contributed by atoms with van der Waals surface area (Å²) in [6.45, 7) is 5.21. The van der Waals surface area contributed by atoms with E-state index < -0.39 is 35.3 Å². The molecular formula is C25H24F2N4O3. The summed E-state index contributed by atoms with van der Waals surface area (Å²) < 4.78 is 34.2. The van der Waals surface area contributed by atoms with Crippen LogP contribution < -0.4 is 10.9 Å². The van der Waals surface area contributed by atoms with Gasteiger partial charge in [0, 0.05) is 5.56 Å². The van der Waals surface area contributed by atoms with E-state index in [1.165, 1.54) is 28.8 Å². The Morgan fingerprint density at radius 2 is 1.94 bits per heavy atom. The molecule has 7 nitrogen and oxygen atoms in total. The molecule has 1 atom stereocenters. The van der Waals surface area contributed by atoms with Crippen molar-refractivity contribution in [2.24, 2.45) is 5.92 Å². The lowest BCUT2D eigenvalue weighted by atomic mass is 10.1. The third-order valence-electron chi connectivity index (χ3n) is 5.47. The summed E-state index contributed by atoms with van der Waals surface area (Å²) >= 11 is 0. The van der Waals surface area contributed by atoms with Crippen molar-refractivity contribution in [3.63, 3.8) is 0 Å². The average molecular weight is 466 g/mol. The molecule has 1 aromatic heterocycles. The Morgan fingerprint density at radius 3 is 2.56 bits per heavy atom. The monoisotopic (exact) mass is 466 g/mol. The normalized spacial score (nSPS) is 14.6. The van der Waals surface area contributed by atoms with E-state index in [0.717, 1.165) is 12.8 Å². The number of nitrogens with one attached hydrogen (secondary N) is 1. The van der Waals surface area contributed by atoms with Crippen molar-refractivity contribution in [2.45, 2.75) is 51.7 Å². The quantitative estimate of drug-likeness (QED) is 0.560. The number of amides is 1. The number of fused-ring (bicyclic) bond motifs is 1. The van der Waals surface area contributed by atoms with Gasteiger partial charge in [0.25, 0.3) is 12.0 Å². The van der Waals surface area contributed by atoms with E-state index in [2.05, 4.69) is 10.3 Å². The number of nitriles is 1. The van der Waals surface area contributed by atoms with E-state index >= 15 is 0 Å². The van der Waals surface area contributed by atoms with Crippen LogP contribution in [0.15, 0.2) is 47.3 Å². The van der Waals surface area contributed by atoms with E-state index in [0.29, 0.717) is 11.3 Å². The summed E-state index contributed by atoms with van der Waals surface area (Å²) in [5, 5.41) is 12.0.